The molecule has 1 rings (SSSR count). The van der Waals surface area contributed by atoms with Crippen LogP contribution < -0.4 is 11.5 Å². The van der Waals surface area contributed by atoms with Gasteiger partial charge in [-0.25, -0.2) is 0 Å². The van der Waals surface area contributed by atoms with Crippen LogP contribution in [-0.4, -0.2) is 23.7 Å². The van der Waals surface area contributed by atoms with Crippen molar-refractivity contribution >= 4 is 11.7 Å². The first-order chi connectivity index (χ1) is 7.54. The van der Waals surface area contributed by atoms with Crippen LogP contribution in [0, 0.1) is 0 Å². The average Bonchev–Trinajstić information content (AvgIpc) is 2.22. The summed E-state index contributed by atoms with van der Waals surface area (Å²) in [6.07, 6.45) is 0.297. The molecule has 5 nitrogen and oxygen atoms in total. The van der Waals surface area contributed by atoms with Crippen LogP contribution in [0.15, 0.2) is 18.2 Å². The van der Waals surface area contributed by atoms with Crippen molar-refractivity contribution in [1.29, 1.82) is 0 Å². The van der Waals surface area contributed by atoms with Crippen LogP contribution in [0.1, 0.15) is 12.5 Å². The van der Waals surface area contributed by atoms with Crippen molar-refractivity contribution in [3.05, 3.63) is 23.8 Å². The molecular formula is C11H16N2O3. The first-order valence-electron chi connectivity index (χ1n) is 5.04. The van der Waals surface area contributed by atoms with E-state index in [9.17, 15) is 4.79 Å². The molecule has 0 saturated heterocycles. The number of phenols is 1. The van der Waals surface area contributed by atoms with Gasteiger partial charge in [0.05, 0.1) is 6.61 Å². The molecule has 1 aromatic carbocycles. The summed E-state index contributed by atoms with van der Waals surface area (Å²) in [5, 5.41) is 9.16. The second kappa shape index (κ2) is 5.37. The molecule has 16 heavy (non-hydrogen) atoms. The topological polar surface area (TPSA) is 98.6 Å². The van der Waals surface area contributed by atoms with E-state index in [0.29, 0.717) is 18.7 Å². The standard InChI is InChI=1S/C11H16N2O3/c1-2-16-11(15)10(13)5-7-3-4-8(14)6-9(7)12/h3-4,6,10,14H,2,5,12-13H2,1H3/t10-/m0/s1. The molecule has 0 aliphatic heterocycles. The summed E-state index contributed by atoms with van der Waals surface area (Å²) in [6.45, 7) is 2.02. The largest absolute Gasteiger partial charge is 0.508 e. The molecule has 5 N–H and O–H groups in total. The molecule has 5 heteroatoms. The van der Waals surface area contributed by atoms with Gasteiger partial charge in [0.1, 0.15) is 11.8 Å². The van der Waals surface area contributed by atoms with Crippen LogP contribution in [0.5, 0.6) is 5.75 Å². The summed E-state index contributed by atoms with van der Waals surface area (Å²) in [5.41, 5.74) is 12.5. The first-order valence-corrected chi connectivity index (χ1v) is 5.04. The maximum absolute atomic E-state index is 11.3. The summed E-state index contributed by atoms with van der Waals surface area (Å²) < 4.78 is 4.79. The van der Waals surface area contributed by atoms with Crippen molar-refractivity contribution < 1.29 is 14.6 Å². The molecular weight excluding hydrogens is 208 g/mol. The molecule has 1 aromatic rings. The summed E-state index contributed by atoms with van der Waals surface area (Å²) in [7, 11) is 0. The molecule has 0 aromatic heterocycles. The van der Waals surface area contributed by atoms with Crippen LogP contribution in [0.4, 0.5) is 5.69 Å². The third-order valence-electron chi connectivity index (χ3n) is 2.16. The van der Waals surface area contributed by atoms with Crippen LogP contribution in [0.25, 0.3) is 0 Å². The number of anilines is 1. The van der Waals surface area contributed by atoms with Gasteiger partial charge in [0, 0.05) is 18.2 Å². The fourth-order valence-corrected chi connectivity index (χ4v) is 1.34. The smallest absolute Gasteiger partial charge is 0.323 e. The Morgan fingerprint density at radius 3 is 2.81 bits per heavy atom. The quantitative estimate of drug-likeness (QED) is 0.508. The number of rotatable bonds is 4. The van der Waals surface area contributed by atoms with Gasteiger partial charge in [0.25, 0.3) is 0 Å². The van der Waals surface area contributed by atoms with Gasteiger partial charge >= 0.3 is 5.97 Å². The van der Waals surface area contributed by atoms with Crippen LogP contribution in [-0.2, 0) is 16.0 Å². The van der Waals surface area contributed by atoms with Gasteiger partial charge in [-0.2, -0.15) is 0 Å². The van der Waals surface area contributed by atoms with Gasteiger partial charge in [-0.1, -0.05) is 6.07 Å². The molecule has 0 amide bonds. The van der Waals surface area contributed by atoms with Crippen molar-refractivity contribution in [1.82, 2.24) is 0 Å². The Bertz CT molecular complexity index is 379. The fraction of sp³-hybridized carbons (Fsp3) is 0.364. The second-order valence-electron chi connectivity index (χ2n) is 3.45. The van der Waals surface area contributed by atoms with Crippen LogP contribution in [0.3, 0.4) is 0 Å². The zero-order valence-electron chi connectivity index (χ0n) is 9.14. The number of carbonyl (C=O) groups excluding carboxylic acids is 1. The molecule has 0 aliphatic rings. The molecule has 0 aliphatic carbocycles. The van der Waals surface area contributed by atoms with E-state index in [2.05, 4.69) is 0 Å². The number of nitrogen functional groups attached to an aromatic ring is 1. The number of hydrogen-bond acceptors (Lipinski definition) is 5. The minimum Gasteiger partial charge on any atom is -0.508 e. The SMILES string of the molecule is CCOC(=O)[C@@H](N)Cc1ccc(O)cc1N. The zero-order valence-corrected chi connectivity index (χ0v) is 9.14. The summed E-state index contributed by atoms with van der Waals surface area (Å²) >= 11 is 0. The summed E-state index contributed by atoms with van der Waals surface area (Å²) in [6, 6.07) is 3.84. The van der Waals surface area contributed by atoms with Crippen molar-refractivity contribution in [3.63, 3.8) is 0 Å². The van der Waals surface area contributed by atoms with E-state index in [1.54, 1.807) is 13.0 Å². The van der Waals surface area contributed by atoms with E-state index in [1.807, 2.05) is 0 Å². The average molecular weight is 224 g/mol. The highest BCUT2D eigenvalue weighted by atomic mass is 16.5. The van der Waals surface area contributed by atoms with Gasteiger partial charge in [0.2, 0.25) is 0 Å². The lowest BCUT2D eigenvalue weighted by Crippen LogP contribution is -2.34. The predicted octanol–water partition coefficient (Wildman–Crippen LogP) is 0.407. The minimum absolute atomic E-state index is 0.0888. The molecule has 0 saturated carbocycles. The normalized spacial score (nSPS) is 12.1. The number of ether oxygens (including phenoxy) is 1. The molecule has 0 radical (unpaired) electrons. The van der Waals surface area contributed by atoms with Gasteiger partial charge in [-0.15, -0.1) is 0 Å². The lowest BCUT2D eigenvalue weighted by atomic mass is 10.0. The summed E-state index contributed by atoms with van der Waals surface area (Å²) in [5.74, 6) is -0.360. The Balaban J connectivity index is 2.69. The van der Waals surface area contributed by atoms with Crippen molar-refractivity contribution in [3.8, 4) is 5.75 Å². The number of esters is 1. The van der Waals surface area contributed by atoms with E-state index in [4.69, 9.17) is 21.3 Å². The summed E-state index contributed by atoms with van der Waals surface area (Å²) in [4.78, 5) is 11.3. The third kappa shape index (κ3) is 3.13. The number of carbonyl (C=O) groups is 1. The lowest BCUT2D eigenvalue weighted by molar-refractivity contribution is -0.144. The number of phenolic OH excluding ortho intramolecular Hbond substituents is 1. The monoisotopic (exact) mass is 224 g/mol. The number of nitrogens with two attached hydrogens (primary N) is 2. The van der Waals surface area contributed by atoms with Crippen molar-refractivity contribution in [2.24, 2.45) is 5.73 Å². The highest BCUT2D eigenvalue weighted by Gasteiger charge is 2.16. The minimum atomic E-state index is -0.730. The van der Waals surface area contributed by atoms with Crippen molar-refractivity contribution in [2.45, 2.75) is 19.4 Å². The maximum atomic E-state index is 11.3. The molecule has 1 atom stereocenters. The molecule has 0 unspecified atom stereocenters. The molecule has 0 bridgehead atoms. The Labute approximate surface area is 94.0 Å². The van der Waals surface area contributed by atoms with Crippen molar-refractivity contribution in [2.75, 3.05) is 12.3 Å². The Morgan fingerprint density at radius 1 is 1.56 bits per heavy atom. The number of benzene rings is 1. The number of hydrogen-bond donors (Lipinski definition) is 3. The molecule has 0 spiro atoms. The Hall–Kier alpha value is -1.75. The van der Waals surface area contributed by atoms with E-state index in [1.165, 1.54) is 12.1 Å². The van der Waals surface area contributed by atoms with E-state index >= 15 is 0 Å². The van der Waals surface area contributed by atoms with E-state index in [-0.39, 0.29) is 5.75 Å². The first kappa shape index (κ1) is 12.3. The fourth-order valence-electron chi connectivity index (χ4n) is 1.34. The number of aromatic hydroxyl groups is 1. The highest BCUT2D eigenvalue weighted by Crippen LogP contribution is 2.19. The third-order valence-corrected chi connectivity index (χ3v) is 2.16. The van der Waals surface area contributed by atoms with E-state index < -0.39 is 12.0 Å². The van der Waals surface area contributed by atoms with Crippen LogP contribution >= 0.6 is 0 Å². The lowest BCUT2D eigenvalue weighted by Gasteiger charge is -2.12. The van der Waals surface area contributed by atoms with Gasteiger partial charge in [-0.05, 0) is 18.6 Å². The highest BCUT2D eigenvalue weighted by molar-refractivity contribution is 5.76. The van der Waals surface area contributed by atoms with Gasteiger partial charge < -0.3 is 21.3 Å². The molecule has 88 valence electrons. The van der Waals surface area contributed by atoms with Gasteiger partial charge in [0.15, 0.2) is 0 Å². The Morgan fingerprint density at radius 2 is 2.25 bits per heavy atom. The van der Waals surface area contributed by atoms with E-state index in [0.717, 1.165) is 5.56 Å². The Kier molecular flexibility index (Phi) is 4.13. The van der Waals surface area contributed by atoms with Crippen LogP contribution in [0.2, 0.25) is 0 Å². The predicted molar refractivity (Wildman–Crippen MR) is 60.8 cm³/mol. The maximum Gasteiger partial charge on any atom is 0.323 e. The molecule has 0 fully saturated rings. The molecule has 0 heterocycles. The zero-order chi connectivity index (χ0) is 12.1. The van der Waals surface area contributed by atoms with Gasteiger partial charge in [-0.3, -0.25) is 4.79 Å². The second-order valence-corrected chi connectivity index (χ2v) is 3.45.